The van der Waals surface area contributed by atoms with Crippen LogP contribution in [0.4, 0.5) is 0 Å². The van der Waals surface area contributed by atoms with Crippen molar-refractivity contribution in [2.45, 2.75) is 25.2 Å². The minimum atomic E-state index is -0.148. The molecule has 1 N–H and O–H groups in total. The van der Waals surface area contributed by atoms with Gasteiger partial charge in [-0.2, -0.15) is 0 Å². The maximum Gasteiger partial charge on any atom is 0.0537 e. The van der Waals surface area contributed by atoms with E-state index in [1.165, 1.54) is 24.9 Å². The first kappa shape index (κ1) is 12.6. The van der Waals surface area contributed by atoms with Gasteiger partial charge < -0.3 is 10.0 Å². The van der Waals surface area contributed by atoms with E-state index in [0.29, 0.717) is 0 Å². The van der Waals surface area contributed by atoms with Crippen molar-refractivity contribution in [1.82, 2.24) is 4.90 Å². The average Bonchev–Trinajstić information content (AvgIpc) is 3.13. The zero-order valence-corrected chi connectivity index (χ0v) is 10.9. The largest absolute Gasteiger partial charge is 0.395 e. The fourth-order valence-corrected chi connectivity index (χ4v) is 2.47. The van der Waals surface area contributed by atoms with Crippen LogP contribution in [0.2, 0.25) is 0 Å². The van der Waals surface area contributed by atoms with Gasteiger partial charge >= 0.3 is 0 Å². The normalized spacial score (nSPS) is 19.3. The molecule has 1 fully saturated rings. The van der Waals surface area contributed by atoms with Gasteiger partial charge in [0.05, 0.1) is 6.61 Å². The third-order valence-corrected chi connectivity index (χ3v) is 3.71. The van der Waals surface area contributed by atoms with Crippen molar-refractivity contribution >= 4 is 0 Å². The zero-order valence-electron chi connectivity index (χ0n) is 10.9. The van der Waals surface area contributed by atoms with Crippen LogP contribution in [0.15, 0.2) is 30.3 Å². The molecule has 1 atom stereocenters. The van der Waals surface area contributed by atoms with Crippen LogP contribution >= 0.6 is 0 Å². The Morgan fingerprint density at radius 2 is 1.94 bits per heavy atom. The van der Waals surface area contributed by atoms with Gasteiger partial charge in [0.25, 0.3) is 0 Å². The molecule has 1 aromatic rings. The fourth-order valence-electron chi connectivity index (χ4n) is 2.47. The van der Waals surface area contributed by atoms with Crippen LogP contribution in [0, 0.1) is 5.92 Å². The molecule has 0 saturated heterocycles. The number of nitrogens with zero attached hydrogens (tertiary/aromatic N) is 1. The Morgan fingerprint density at radius 1 is 1.29 bits per heavy atom. The highest BCUT2D eigenvalue weighted by atomic mass is 16.3. The predicted molar refractivity (Wildman–Crippen MR) is 71.1 cm³/mol. The van der Waals surface area contributed by atoms with E-state index in [4.69, 9.17) is 0 Å². The van der Waals surface area contributed by atoms with Gasteiger partial charge in [0.1, 0.15) is 0 Å². The molecule has 1 aromatic carbocycles. The SMILES string of the molecule is CN(CC1CC1)CC(C)(CO)c1ccccc1. The molecule has 17 heavy (non-hydrogen) atoms. The number of aliphatic hydroxyl groups excluding tert-OH is 1. The standard InChI is InChI=1S/C15H23NO/c1-15(12-17,14-6-4-3-5-7-14)11-16(2)10-13-8-9-13/h3-7,13,17H,8-12H2,1-2H3. The predicted octanol–water partition coefficient (Wildman–Crippen LogP) is 2.28. The van der Waals surface area contributed by atoms with E-state index < -0.39 is 0 Å². The molecule has 94 valence electrons. The fraction of sp³-hybridized carbons (Fsp3) is 0.600. The molecule has 1 aliphatic rings. The van der Waals surface area contributed by atoms with Gasteiger partial charge in [-0.15, -0.1) is 0 Å². The summed E-state index contributed by atoms with van der Waals surface area (Å²) in [5.74, 6) is 0.902. The summed E-state index contributed by atoms with van der Waals surface area (Å²) >= 11 is 0. The number of likely N-dealkylation sites (N-methyl/N-ethyl adjacent to an activating group) is 1. The van der Waals surface area contributed by atoms with Crippen LogP contribution in [-0.4, -0.2) is 36.8 Å². The molecule has 2 rings (SSSR count). The maximum atomic E-state index is 9.71. The number of rotatable bonds is 6. The Morgan fingerprint density at radius 3 is 2.47 bits per heavy atom. The van der Waals surface area contributed by atoms with Crippen molar-refractivity contribution in [3.8, 4) is 0 Å². The van der Waals surface area contributed by atoms with Crippen LogP contribution in [0.5, 0.6) is 0 Å². The molecule has 1 aliphatic carbocycles. The summed E-state index contributed by atoms with van der Waals surface area (Å²) in [4.78, 5) is 2.36. The van der Waals surface area contributed by atoms with Crippen LogP contribution in [0.1, 0.15) is 25.3 Å². The molecule has 1 unspecified atom stereocenters. The van der Waals surface area contributed by atoms with Gasteiger partial charge in [-0.3, -0.25) is 0 Å². The first-order chi connectivity index (χ1) is 8.14. The van der Waals surface area contributed by atoms with Crippen molar-refractivity contribution in [2.24, 2.45) is 5.92 Å². The maximum absolute atomic E-state index is 9.71. The number of benzene rings is 1. The Hall–Kier alpha value is -0.860. The lowest BCUT2D eigenvalue weighted by Crippen LogP contribution is -2.40. The highest BCUT2D eigenvalue weighted by molar-refractivity contribution is 5.25. The van der Waals surface area contributed by atoms with Crippen LogP contribution in [0.25, 0.3) is 0 Å². The van der Waals surface area contributed by atoms with E-state index in [9.17, 15) is 5.11 Å². The van der Waals surface area contributed by atoms with Crippen LogP contribution in [-0.2, 0) is 5.41 Å². The second kappa shape index (κ2) is 5.19. The molecular formula is C15H23NO. The molecule has 0 spiro atoms. The molecule has 0 aliphatic heterocycles. The number of hydrogen-bond acceptors (Lipinski definition) is 2. The summed E-state index contributed by atoms with van der Waals surface area (Å²) in [5, 5.41) is 9.71. The Kier molecular flexibility index (Phi) is 3.85. The van der Waals surface area contributed by atoms with Crippen molar-refractivity contribution in [3.63, 3.8) is 0 Å². The molecule has 2 heteroatoms. The first-order valence-corrected chi connectivity index (χ1v) is 6.49. The van der Waals surface area contributed by atoms with Gasteiger partial charge in [0.2, 0.25) is 0 Å². The van der Waals surface area contributed by atoms with E-state index in [1.54, 1.807) is 0 Å². The van der Waals surface area contributed by atoms with Crippen molar-refractivity contribution in [2.75, 3.05) is 26.7 Å². The van der Waals surface area contributed by atoms with Crippen molar-refractivity contribution in [1.29, 1.82) is 0 Å². The lowest BCUT2D eigenvalue weighted by molar-refractivity contribution is 0.156. The van der Waals surface area contributed by atoms with Gasteiger partial charge in [-0.25, -0.2) is 0 Å². The van der Waals surface area contributed by atoms with E-state index in [1.807, 2.05) is 18.2 Å². The van der Waals surface area contributed by atoms with Gasteiger partial charge in [0.15, 0.2) is 0 Å². The summed E-state index contributed by atoms with van der Waals surface area (Å²) in [7, 11) is 2.16. The van der Waals surface area contributed by atoms with Gasteiger partial charge in [-0.05, 0) is 31.4 Å². The number of hydrogen-bond donors (Lipinski definition) is 1. The second-order valence-electron chi connectivity index (χ2n) is 5.72. The zero-order chi connectivity index (χ0) is 12.3. The summed E-state index contributed by atoms with van der Waals surface area (Å²) in [6, 6.07) is 10.3. The minimum absolute atomic E-state index is 0.148. The highest BCUT2D eigenvalue weighted by Gasteiger charge is 2.30. The van der Waals surface area contributed by atoms with Crippen LogP contribution < -0.4 is 0 Å². The van der Waals surface area contributed by atoms with Crippen molar-refractivity contribution < 1.29 is 5.11 Å². The number of aliphatic hydroxyl groups is 1. The molecule has 0 bridgehead atoms. The molecule has 0 heterocycles. The monoisotopic (exact) mass is 233 g/mol. The second-order valence-corrected chi connectivity index (χ2v) is 5.72. The minimum Gasteiger partial charge on any atom is -0.395 e. The Bertz CT molecular complexity index is 347. The molecule has 0 aromatic heterocycles. The average molecular weight is 233 g/mol. The molecule has 0 amide bonds. The molecule has 0 radical (unpaired) electrons. The van der Waals surface area contributed by atoms with E-state index in [-0.39, 0.29) is 12.0 Å². The van der Waals surface area contributed by atoms with Gasteiger partial charge in [-0.1, -0.05) is 37.3 Å². The Balaban J connectivity index is 2.02. The van der Waals surface area contributed by atoms with Crippen molar-refractivity contribution in [3.05, 3.63) is 35.9 Å². The molecular weight excluding hydrogens is 210 g/mol. The quantitative estimate of drug-likeness (QED) is 0.815. The summed E-state index contributed by atoms with van der Waals surface area (Å²) in [6.45, 7) is 4.43. The third kappa shape index (κ3) is 3.30. The lowest BCUT2D eigenvalue weighted by atomic mass is 9.83. The smallest absolute Gasteiger partial charge is 0.0537 e. The Labute approximate surface area is 104 Å². The molecule has 1 saturated carbocycles. The molecule has 2 nitrogen and oxygen atoms in total. The van der Waals surface area contributed by atoms with E-state index >= 15 is 0 Å². The third-order valence-electron chi connectivity index (χ3n) is 3.71. The highest BCUT2D eigenvalue weighted by Crippen LogP contribution is 2.31. The van der Waals surface area contributed by atoms with E-state index in [2.05, 4.69) is 31.0 Å². The summed E-state index contributed by atoms with van der Waals surface area (Å²) < 4.78 is 0. The summed E-state index contributed by atoms with van der Waals surface area (Å²) in [5.41, 5.74) is 1.08. The van der Waals surface area contributed by atoms with Crippen LogP contribution in [0.3, 0.4) is 0 Å². The lowest BCUT2D eigenvalue weighted by Gasteiger charge is -2.32. The van der Waals surface area contributed by atoms with E-state index in [0.717, 1.165) is 12.5 Å². The summed E-state index contributed by atoms with van der Waals surface area (Å²) in [6.07, 6.45) is 2.76. The first-order valence-electron chi connectivity index (χ1n) is 6.49. The topological polar surface area (TPSA) is 23.5 Å². The van der Waals surface area contributed by atoms with Gasteiger partial charge in [0, 0.05) is 18.5 Å².